The van der Waals surface area contributed by atoms with Crippen LogP contribution in [0.25, 0.3) is 28.6 Å². The van der Waals surface area contributed by atoms with Crippen molar-refractivity contribution in [1.82, 2.24) is 34.6 Å². The Bertz CT molecular complexity index is 2230. The second-order valence-electron chi connectivity index (χ2n) is 15.2. The molecule has 12 nitrogen and oxygen atoms in total. The van der Waals surface area contributed by atoms with Gasteiger partial charge < -0.3 is 19.5 Å². The molecule has 12 heteroatoms. The summed E-state index contributed by atoms with van der Waals surface area (Å²) in [6.45, 7) is 5.99. The summed E-state index contributed by atoms with van der Waals surface area (Å²) in [5.74, 6) is 1.96. The van der Waals surface area contributed by atoms with Crippen molar-refractivity contribution < 1.29 is 14.2 Å². The first-order valence-corrected chi connectivity index (χ1v) is 20.6. The molecule has 5 aromatic rings. The zero-order valence-corrected chi connectivity index (χ0v) is 33.0. The number of anilines is 2. The number of fused-ring (bicyclic) bond motifs is 8. The van der Waals surface area contributed by atoms with Gasteiger partial charge in [0, 0.05) is 53.3 Å². The number of hydrogen-bond acceptors (Lipinski definition) is 11. The van der Waals surface area contributed by atoms with Gasteiger partial charge in [-0.15, -0.1) is 0 Å². The first-order valence-electron chi connectivity index (χ1n) is 20.6. The summed E-state index contributed by atoms with van der Waals surface area (Å²) in [6, 6.07) is 18.7. The minimum atomic E-state index is 0.182. The summed E-state index contributed by atoms with van der Waals surface area (Å²) in [6.07, 6.45) is 24.4. The summed E-state index contributed by atoms with van der Waals surface area (Å²) in [5, 5.41) is 17.1. The van der Waals surface area contributed by atoms with Crippen molar-refractivity contribution in [2.75, 3.05) is 44.8 Å². The Morgan fingerprint density at radius 3 is 2.64 bits per heavy atom. The topological polar surface area (TPSA) is 136 Å². The van der Waals surface area contributed by atoms with Crippen molar-refractivity contribution in [2.45, 2.75) is 70.6 Å². The maximum atomic E-state index is 9.19. The molecular formula is C46H51N9O3. The van der Waals surface area contributed by atoms with Gasteiger partial charge in [-0.2, -0.15) is 10.4 Å². The van der Waals surface area contributed by atoms with E-state index in [1.807, 2.05) is 47.3 Å². The molecule has 0 amide bonds. The molecule has 1 atom stereocenters. The Balaban J connectivity index is 0.000000176. The van der Waals surface area contributed by atoms with Gasteiger partial charge in [0.15, 0.2) is 0 Å². The van der Waals surface area contributed by atoms with Crippen molar-refractivity contribution >= 4 is 17.7 Å². The molecule has 4 aliphatic rings. The van der Waals surface area contributed by atoms with Crippen LogP contribution in [0, 0.1) is 17.2 Å². The minimum absolute atomic E-state index is 0.182. The lowest BCUT2D eigenvalue weighted by molar-refractivity contribution is 0.138. The fraction of sp³-hybridized carbons (Fsp3) is 0.391. The predicted octanol–water partition coefficient (Wildman–Crippen LogP) is 8.52. The summed E-state index contributed by atoms with van der Waals surface area (Å²) < 4.78 is 19.9. The fourth-order valence-corrected chi connectivity index (χ4v) is 8.19. The quantitative estimate of drug-likeness (QED) is 0.152. The van der Waals surface area contributed by atoms with Crippen molar-refractivity contribution in [2.24, 2.45) is 5.92 Å². The van der Waals surface area contributed by atoms with Crippen LogP contribution < -0.4 is 10.1 Å². The molecule has 2 aliphatic carbocycles. The zero-order valence-electron chi connectivity index (χ0n) is 33.0. The first kappa shape index (κ1) is 39.1. The Kier molecular flexibility index (Phi) is 13.2. The molecule has 0 radical (unpaired) electrons. The van der Waals surface area contributed by atoms with Gasteiger partial charge in [-0.25, -0.2) is 19.9 Å². The van der Waals surface area contributed by atoms with Gasteiger partial charge in [0.05, 0.1) is 68.2 Å². The highest BCUT2D eigenvalue weighted by atomic mass is 16.5. The number of allylic oxidation sites excluding steroid dienone is 1. The molecule has 2 aromatic carbocycles. The van der Waals surface area contributed by atoms with E-state index in [2.05, 4.69) is 79.0 Å². The molecule has 1 saturated carbocycles. The maximum absolute atomic E-state index is 9.19. The van der Waals surface area contributed by atoms with Crippen molar-refractivity contribution in [3.05, 3.63) is 114 Å². The van der Waals surface area contributed by atoms with Gasteiger partial charge in [-0.1, -0.05) is 55.3 Å². The standard InChI is InChI=1S/C28H32N4O3.C18H19N5/c1-2-13-32(12-1)14-17-35-27-9-8-25-19-24(27)21-34-16-4-3-15-33-20-22-6-5-7-23(18-22)26-10-11-29-28(30-25)31-26;19-9-8-17(13-4-1-2-5-13)23-11-14(10-22-23)18-15-6-3-7-16(15)20-12-21-18/h3-11,18-19H,1-2,12-17,20-21H2,(H,29,30,31);3,6,10-13,17H,1-2,4-5,7-8H2/b4-3+;/t;17-/m.1/s1. The van der Waals surface area contributed by atoms with E-state index in [-0.39, 0.29) is 6.04 Å². The van der Waals surface area contributed by atoms with Crippen LogP contribution in [0.5, 0.6) is 5.75 Å². The number of nitriles is 1. The number of likely N-dealkylation sites (tertiary alicyclic amines) is 1. The molecule has 3 aromatic heterocycles. The Morgan fingerprint density at radius 2 is 1.78 bits per heavy atom. The summed E-state index contributed by atoms with van der Waals surface area (Å²) >= 11 is 0. The van der Waals surface area contributed by atoms with Crippen LogP contribution >= 0.6 is 0 Å². The average Bonchev–Trinajstić information content (AvgIpc) is 4.11. The van der Waals surface area contributed by atoms with Crippen LogP contribution in [0.2, 0.25) is 0 Å². The molecule has 298 valence electrons. The van der Waals surface area contributed by atoms with Crippen LogP contribution in [0.15, 0.2) is 91.7 Å². The number of aromatic nitrogens is 6. The number of ether oxygens (including phenoxy) is 3. The summed E-state index contributed by atoms with van der Waals surface area (Å²) in [5.41, 5.74) is 9.01. The maximum Gasteiger partial charge on any atom is 0.227 e. The molecule has 0 unspecified atom stereocenters. The molecule has 0 spiro atoms. The van der Waals surface area contributed by atoms with Gasteiger partial charge in [-0.3, -0.25) is 9.58 Å². The SMILES string of the molecule is C1=C/COCc2cc(ccc2OCCN2CCCC2)Nc2nccc(n2)-c2cccc(c2)COC/1.N#CC[C@H](C1CCCC1)n1cc(-c2ncnc3c2C=CC3)cn1. The van der Waals surface area contributed by atoms with E-state index in [1.165, 1.54) is 51.6 Å². The van der Waals surface area contributed by atoms with E-state index in [9.17, 15) is 5.26 Å². The molecule has 1 N–H and O–H groups in total. The van der Waals surface area contributed by atoms with Crippen molar-refractivity contribution in [3.8, 4) is 34.3 Å². The van der Waals surface area contributed by atoms with Gasteiger partial charge in [0.2, 0.25) is 5.95 Å². The highest BCUT2D eigenvalue weighted by Crippen LogP contribution is 2.37. The molecule has 5 heterocycles. The van der Waals surface area contributed by atoms with E-state index < -0.39 is 0 Å². The minimum Gasteiger partial charge on any atom is -0.492 e. The molecule has 2 aliphatic heterocycles. The van der Waals surface area contributed by atoms with E-state index in [0.29, 0.717) is 51.3 Å². The van der Waals surface area contributed by atoms with Gasteiger partial charge >= 0.3 is 0 Å². The number of rotatable bonds is 8. The lowest BCUT2D eigenvalue weighted by atomic mass is 9.96. The van der Waals surface area contributed by atoms with E-state index >= 15 is 0 Å². The monoisotopic (exact) mass is 777 g/mol. The third-order valence-electron chi connectivity index (χ3n) is 11.2. The normalized spacial score (nSPS) is 17.8. The molecule has 2 fully saturated rings. The average molecular weight is 778 g/mol. The third kappa shape index (κ3) is 10.0. The van der Waals surface area contributed by atoms with Crippen LogP contribution in [0.1, 0.15) is 73.4 Å². The fourth-order valence-electron chi connectivity index (χ4n) is 8.19. The van der Waals surface area contributed by atoms with Crippen LogP contribution in [0.4, 0.5) is 11.6 Å². The predicted molar refractivity (Wildman–Crippen MR) is 224 cm³/mol. The highest BCUT2D eigenvalue weighted by Gasteiger charge is 2.27. The second kappa shape index (κ2) is 19.6. The van der Waals surface area contributed by atoms with Crippen LogP contribution in [0.3, 0.4) is 0 Å². The van der Waals surface area contributed by atoms with E-state index in [1.54, 1.807) is 12.5 Å². The third-order valence-corrected chi connectivity index (χ3v) is 11.2. The van der Waals surface area contributed by atoms with E-state index in [0.717, 1.165) is 69.3 Å². The largest absolute Gasteiger partial charge is 0.492 e. The van der Waals surface area contributed by atoms with Gasteiger partial charge in [0.1, 0.15) is 18.7 Å². The Labute approximate surface area is 340 Å². The highest BCUT2D eigenvalue weighted by molar-refractivity contribution is 5.74. The molecule has 1 saturated heterocycles. The zero-order chi connectivity index (χ0) is 39.4. The lowest BCUT2D eigenvalue weighted by Gasteiger charge is -2.21. The Hall–Kier alpha value is -5.74. The van der Waals surface area contributed by atoms with Gasteiger partial charge in [-0.05, 0) is 80.6 Å². The summed E-state index contributed by atoms with van der Waals surface area (Å²) in [7, 11) is 0. The number of benzene rings is 2. The molecule has 58 heavy (non-hydrogen) atoms. The van der Waals surface area contributed by atoms with Crippen LogP contribution in [-0.2, 0) is 29.1 Å². The number of nitrogens with one attached hydrogen (secondary N) is 1. The van der Waals surface area contributed by atoms with Crippen molar-refractivity contribution in [3.63, 3.8) is 0 Å². The van der Waals surface area contributed by atoms with Crippen molar-refractivity contribution in [1.29, 1.82) is 5.26 Å². The van der Waals surface area contributed by atoms with E-state index in [4.69, 9.17) is 19.2 Å². The Morgan fingerprint density at radius 1 is 0.914 bits per heavy atom. The molecular weight excluding hydrogens is 727 g/mol. The second-order valence-corrected chi connectivity index (χ2v) is 15.2. The lowest BCUT2D eigenvalue weighted by Crippen LogP contribution is -2.25. The molecule has 9 rings (SSSR count). The summed E-state index contributed by atoms with van der Waals surface area (Å²) in [4.78, 5) is 20.4. The van der Waals surface area contributed by atoms with Gasteiger partial charge in [0.25, 0.3) is 0 Å². The first-order chi connectivity index (χ1) is 28.7. The number of nitrogens with zero attached hydrogens (tertiary/aromatic N) is 8. The smallest absolute Gasteiger partial charge is 0.227 e. The number of hydrogen-bond donors (Lipinski definition) is 1. The molecule has 6 bridgehead atoms. The van der Waals surface area contributed by atoms with Crippen LogP contribution in [-0.4, -0.2) is 74.1 Å².